The molecule has 2 aromatic rings. The number of likely N-dealkylation sites (tertiary alicyclic amines) is 1. The van der Waals surface area contributed by atoms with Crippen molar-refractivity contribution < 1.29 is 19.3 Å². The van der Waals surface area contributed by atoms with Crippen molar-refractivity contribution in [3.63, 3.8) is 0 Å². The largest absolute Gasteiger partial charge is 0.502 e. The van der Waals surface area contributed by atoms with Crippen molar-refractivity contribution in [1.29, 1.82) is 0 Å². The molecule has 2 N–H and O–H groups in total. The number of piperidine rings is 1. The third-order valence-electron chi connectivity index (χ3n) is 6.38. The molecule has 0 unspecified atom stereocenters. The minimum Gasteiger partial charge on any atom is -0.502 e. The first kappa shape index (κ1) is 26.2. The highest BCUT2D eigenvalue weighted by atomic mass is 16.5. The van der Waals surface area contributed by atoms with Gasteiger partial charge in [-0.25, -0.2) is 0 Å². The second kappa shape index (κ2) is 14.7. The topological polar surface area (TPSA) is 63.2 Å². The van der Waals surface area contributed by atoms with Crippen LogP contribution in [0.2, 0.25) is 0 Å². The first-order valence-electron chi connectivity index (χ1n) is 12.8. The number of hydrogen-bond acceptors (Lipinski definition) is 6. The lowest BCUT2D eigenvalue weighted by atomic mass is 10.1. The van der Waals surface area contributed by atoms with Crippen molar-refractivity contribution in [2.75, 3.05) is 47.0 Å². The molecule has 0 aromatic heterocycles. The van der Waals surface area contributed by atoms with Gasteiger partial charge in [0.1, 0.15) is 5.75 Å². The van der Waals surface area contributed by atoms with E-state index in [1.807, 2.05) is 12.1 Å². The molecule has 0 aliphatic carbocycles. The summed E-state index contributed by atoms with van der Waals surface area (Å²) in [4.78, 5) is 2.55. The number of unbranched alkanes of at least 4 members (excludes halogenated alkanes) is 2. The van der Waals surface area contributed by atoms with Crippen LogP contribution < -0.4 is 19.5 Å². The monoisotopic (exact) mass is 470 g/mol. The van der Waals surface area contributed by atoms with Crippen LogP contribution in [-0.2, 0) is 13.0 Å². The van der Waals surface area contributed by atoms with Gasteiger partial charge >= 0.3 is 0 Å². The number of aryl methyl sites for hydroxylation is 1. The molecule has 6 heteroatoms. The van der Waals surface area contributed by atoms with Crippen molar-refractivity contribution in [3.8, 4) is 23.0 Å². The Balaban J connectivity index is 1.22. The third-order valence-corrected chi connectivity index (χ3v) is 6.38. The molecule has 1 aliphatic heterocycles. The first-order valence-corrected chi connectivity index (χ1v) is 12.8. The Morgan fingerprint density at radius 3 is 2.32 bits per heavy atom. The van der Waals surface area contributed by atoms with Crippen LogP contribution >= 0.6 is 0 Å². The lowest BCUT2D eigenvalue weighted by molar-refractivity contribution is 0.220. The van der Waals surface area contributed by atoms with Crippen molar-refractivity contribution >= 4 is 0 Å². The van der Waals surface area contributed by atoms with Crippen LogP contribution in [0.15, 0.2) is 36.4 Å². The Hall–Kier alpha value is -2.44. The number of aromatic hydroxyl groups is 1. The first-order chi connectivity index (χ1) is 16.7. The molecular weight excluding hydrogens is 428 g/mol. The Bertz CT molecular complexity index is 827. The fourth-order valence-corrected chi connectivity index (χ4v) is 4.47. The normalized spacial score (nSPS) is 14.2. The molecule has 0 bridgehead atoms. The van der Waals surface area contributed by atoms with Gasteiger partial charge in [-0.15, -0.1) is 0 Å². The summed E-state index contributed by atoms with van der Waals surface area (Å²) >= 11 is 0. The molecule has 0 spiro atoms. The van der Waals surface area contributed by atoms with E-state index in [2.05, 4.69) is 34.5 Å². The molecule has 1 heterocycles. The Morgan fingerprint density at radius 1 is 0.853 bits per heavy atom. The summed E-state index contributed by atoms with van der Waals surface area (Å²) in [5, 5.41) is 13.5. The van der Waals surface area contributed by atoms with Crippen molar-refractivity contribution in [3.05, 3.63) is 47.5 Å². The zero-order valence-corrected chi connectivity index (χ0v) is 21.0. The summed E-state index contributed by atoms with van der Waals surface area (Å²) in [6, 6.07) is 12.3. The van der Waals surface area contributed by atoms with Crippen LogP contribution in [0.1, 0.15) is 56.1 Å². The number of ether oxygens (including phenoxy) is 3. The standard InChI is InChI=1S/C28H42N2O4/c1-32-26-20-23(21-27(33-2)28(26)31)11-5-3-6-14-29-15-10-18-34-25-13-9-12-24(19-25)22-30-16-7-4-8-17-30/h9,12-13,19-21,29,31H,3-8,10-11,14-18,22H2,1-2H3. The van der Waals surface area contributed by atoms with E-state index < -0.39 is 0 Å². The number of hydrogen-bond donors (Lipinski definition) is 2. The van der Waals surface area contributed by atoms with E-state index in [1.165, 1.54) is 37.9 Å². The van der Waals surface area contributed by atoms with E-state index in [0.717, 1.165) is 69.7 Å². The van der Waals surface area contributed by atoms with Crippen LogP contribution in [0.5, 0.6) is 23.0 Å². The predicted octanol–water partition coefficient (Wildman–Crippen LogP) is 5.17. The van der Waals surface area contributed by atoms with Crippen LogP contribution in [-0.4, -0.2) is 57.0 Å². The van der Waals surface area contributed by atoms with Crippen LogP contribution in [0, 0.1) is 0 Å². The second-order valence-electron chi connectivity index (χ2n) is 9.10. The molecule has 0 radical (unpaired) electrons. The van der Waals surface area contributed by atoms with Crippen LogP contribution in [0.3, 0.4) is 0 Å². The van der Waals surface area contributed by atoms with E-state index in [0.29, 0.717) is 11.5 Å². The number of phenols is 1. The second-order valence-corrected chi connectivity index (χ2v) is 9.10. The zero-order valence-electron chi connectivity index (χ0n) is 21.0. The van der Waals surface area contributed by atoms with Gasteiger partial charge in [-0.2, -0.15) is 0 Å². The van der Waals surface area contributed by atoms with E-state index in [4.69, 9.17) is 14.2 Å². The maximum Gasteiger partial charge on any atom is 0.200 e. The van der Waals surface area contributed by atoms with E-state index >= 15 is 0 Å². The molecule has 2 aromatic carbocycles. The smallest absolute Gasteiger partial charge is 0.200 e. The molecule has 6 nitrogen and oxygen atoms in total. The van der Waals surface area contributed by atoms with E-state index in [9.17, 15) is 5.11 Å². The quantitative estimate of drug-likeness (QED) is 0.350. The van der Waals surface area contributed by atoms with E-state index in [-0.39, 0.29) is 5.75 Å². The minimum atomic E-state index is 0.0621. The van der Waals surface area contributed by atoms with Crippen LogP contribution in [0.4, 0.5) is 0 Å². The fourth-order valence-electron chi connectivity index (χ4n) is 4.47. The van der Waals surface area contributed by atoms with Gasteiger partial charge < -0.3 is 24.6 Å². The summed E-state index contributed by atoms with van der Waals surface area (Å²) in [6.07, 6.45) is 9.36. The maximum atomic E-state index is 10.0. The van der Waals surface area contributed by atoms with Gasteiger partial charge in [-0.3, -0.25) is 4.90 Å². The minimum absolute atomic E-state index is 0.0621. The number of phenolic OH excluding ortho intramolecular Hbond substituents is 1. The number of rotatable bonds is 15. The SMILES string of the molecule is COc1cc(CCCCCNCCCOc2cccc(CN3CCCCC3)c2)cc(OC)c1O. The molecule has 188 valence electrons. The molecule has 0 amide bonds. The van der Waals surface area contributed by atoms with Gasteiger partial charge in [-0.1, -0.05) is 25.0 Å². The lowest BCUT2D eigenvalue weighted by Crippen LogP contribution is -2.29. The van der Waals surface area contributed by atoms with Gasteiger partial charge in [0, 0.05) is 6.54 Å². The van der Waals surface area contributed by atoms with Gasteiger partial charge in [0.2, 0.25) is 5.75 Å². The number of nitrogens with zero attached hydrogens (tertiary/aromatic N) is 1. The van der Waals surface area contributed by atoms with Gasteiger partial charge in [0.15, 0.2) is 11.5 Å². The summed E-state index contributed by atoms with van der Waals surface area (Å²) in [7, 11) is 3.12. The highest BCUT2D eigenvalue weighted by Crippen LogP contribution is 2.37. The number of benzene rings is 2. The van der Waals surface area contributed by atoms with Gasteiger partial charge in [-0.05, 0) is 100 Å². The van der Waals surface area contributed by atoms with Gasteiger partial charge in [0.05, 0.1) is 20.8 Å². The molecule has 1 aliphatic rings. The van der Waals surface area contributed by atoms with Crippen molar-refractivity contribution in [2.45, 2.75) is 57.9 Å². The van der Waals surface area contributed by atoms with Crippen molar-refractivity contribution in [1.82, 2.24) is 10.2 Å². The zero-order chi connectivity index (χ0) is 24.0. The molecule has 34 heavy (non-hydrogen) atoms. The summed E-state index contributed by atoms with van der Waals surface area (Å²) in [5.74, 6) is 1.98. The predicted molar refractivity (Wildman–Crippen MR) is 137 cm³/mol. The highest BCUT2D eigenvalue weighted by molar-refractivity contribution is 5.52. The maximum absolute atomic E-state index is 10.0. The molecule has 3 rings (SSSR count). The number of methoxy groups -OCH3 is 2. The van der Waals surface area contributed by atoms with E-state index in [1.54, 1.807) is 14.2 Å². The van der Waals surface area contributed by atoms with Gasteiger partial charge in [0.25, 0.3) is 0 Å². The summed E-state index contributed by atoms with van der Waals surface area (Å²) in [6.45, 7) is 6.21. The average molecular weight is 471 g/mol. The fraction of sp³-hybridized carbons (Fsp3) is 0.571. The van der Waals surface area contributed by atoms with Crippen molar-refractivity contribution in [2.24, 2.45) is 0 Å². The Labute approximate surface area is 205 Å². The molecular formula is C28H42N2O4. The molecule has 1 saturated heterocycles. The Kier molecular flexibility index (Phi) is 11.3. The molecule has 1 fully saturated rings. The molecule has 0 saturated carbocycles. The Morgan fingerprint density at radius 2 is 1.59 bits per heavy atom. The summed E-state index contributed by atoms with van der Waals surface area (Å²) < 4.78 is 16.4. The summed E-state index contributed by atoms with van der Waals surface area (Å²) in [5.41, 5.74) is 2.47. The van der Waals surface area contributed by atoms with Crippen LogP contribution in [0.25, 0.3) is 0 Å². The molecule has 0 atom stereocenters. The average Bonchev–Trinajstić information content (AvgIpc) is 2.86. The third kappa shape index (κ3) is 8.73. The lowest BCUT2D eigenvalue weighted by Gasteiger charge is -2.26. The number of nitrogens with one attached hydrogen (secondary N) is 1. The highest BCUT2D eigenvalue weighted by Gasteiger charge is 2.12.